The van der Waals surface area contributed by atoms with E-state index >= 15 is 0 Å². The van der Waals surface area contributed by atoms with Gasteiger partial charge in [-0.2, -0.15) is 11.8 Å². The van der Waals surface area contributed by atoms with Gasteiger partial charge in [0.15, 0.2) is 0 Å². The van der Waals surface area contributed by atoms with Gasteiger partial charge in [-0.3, -0.25) is 0 Å². The molecule has 2 unspecified atom stereocenters. The molecule has 1 aliphatic heterocycles. The minimum absolute atomic E-state index is 0.397. The van der Waals surface area contributed by atoms with Gasteiger partial charge in [-0.05, 0) is 13.0 Å². The number of para-hydroxylation sites is 1. The summed E-state index contributed by atoms with van der Waals surface area (Å²) in [6.45, 7) is 8.53. The number of anilines is 1. The van der Waals surface area contributed by atoms with E-state index in [2.05, 4.69) is 30.9 Å². The summed E-state index contributed by atoms with van der Waals surface area (Å²) in [6.07, 6.45) is -0.397. The Kier molecular flexibility index (Phi) is 4.00. The van der Waals surface area contributed by atoms with E-state index in [-0.39, 0.29) is 0 Å². The molecule has 1 aromatic carbocycles. The first-order valence-corrected chi connectivity index (χ1v) is 7.19. The van der Waals surface area contributed by atoms with Crippen molar-refractivity contribution in [3.8, 4) is 0 Å². The standard InChI is InChI=1S/C14H21NOS/c1-10-8-15(9-11(2)17-10)14-7-5-4-6-13(14)12(3)16/h4-7,10-12,16H,8-9H2,1-3H3/t10?,11?,12-/m1/s1. The van der Waals surface area contributed by atoms with Crippen LogP contribution < -0.4 is 4.90 Å². The zero-order chi connectivity index (χ0) is 12.4. The maximum atomic E-state index is 9.84. The predicted octanol–water partition coefficient (Wildman–Crippen LogP) is 3.07. The molecule has 1 heterocycles. The van der Waals surface area contributed by atoms with Crippen LogP contribution in [0.3, 0.4) is 0 Å². The summed E-state index contributed by atoms with van der Waals surface area (Å²) in [5, 5.41) is 11.1. The van der Waals surface area contributed by atoms with Gasteiger partial charge in [0.05, 0.1) is 6.10 Å². The molecule has 0 amide bonds. The number of hydrogen-bond donors (Lipinski definition) is 1. The molecule has 17 heavy (non-hydrogen) atoms. The monoisotopic (exact) mass is 251 g/mol. The van der Waals surface area contributed by atoms with Crippen LogP contribution in [0.4, 0.5) is 5.69 Å². The van der Waals surface area contributed by atoms with Crippen LogP contribution in [0.5, 0.6) is 0 Å². The highest BCUT2D eigenvalue weighted by molar-refractivity contribution is 8.00. The first kappa shape index (κ1) is 12.8. The van der Waals surface area contributed by atoms with Crippen molar-refractivity contribution in [2.45, 2.75) is 37.4 Å². The van der Waals surface area contributed by atoms with E-state index in [0.717, 1.165) is 18.7 Å². The fraction of sp³-hybridized carbons (Fsp3) is 0.571. The summed E-state index contributed by atoms with van der Waals surface area (Å²) in [5.74, 6) is 0. The fourth-order valence-electron chi connectivity index (χ4n) is 2.50. The Morgan fingerprint density at radius 1 is 1.24 bits per heavy atom. The Balaban J connectivity index is 2.27. The van der Waals surface area contributed by atoms with Crippen molar-refractivity contribution in [2.75, 3.05) is 18.0 Å². The normalized spacial score (nSPS) is 26.9. The molecule has 0 radical (unpaired) electrons. The van der Waals surface area contributed by atoms with Gasteiger partial charge in [-0.1, -0.05) is 32.0 Å². The summed E-state index contributed by atoms with van der Waals surface area (Å²) in [4.78, 5) is 2.41. The number of thioether (sulfide) groups is 1. The molecule has 0 saturated carbocycles. The van der Waals surface area contributed by atoms with E-state index in [9.17, 15) is 5.11 Å². The largest absolute Gasteiger partial charge is 0.389 e. The third-order valence-corrected chi connectivity index (χ3v) is 4.37. The van der Waals surface area contributed by atoms with E-state index in [1.807, 2.05) is 30.8 Å². The molecule has 1 aromatic rings. The van der Waals surface area contributed by atoms with Gasteiger partial charge in [0.2, 0.25) is 0 Å². The lowest BCUT2D eigenvalue weighted by molar-refractivity contribution is 0.199. The van der Waals surface area contributed by atoms with Crippen LogP contribution in [0.15, 0.2) is 24.3 Å². The molecule has 2 rings (SSSR count). The highest BCUT2D eigenvalue weighted by atomic mass is 32.2. The number of nitrogens with zero attached hydrogens (tertiary/aromatic N) is 1. The van der Waals surface area contributed by atoms with Crippen LogP contribution in [0.25, 0.3) is 0 Å². The Hall–Kier alpha value is -0.670. The zero-order valence-electron chi connectivity index (χ0n) is 10.8. The van der Waals surface area contributed by atoms with Crippen molar-refractivity contribution in [1.82, 2.24) is 0 Å². The molecule has 1 aliphatic rings. The Morgan fingerprint density at radius 2 is 1.82 bits per heavy atom. The second-order valence-corrected chi connectivity index (χ2v) is 6.78. The molecule has 0 bridgehead atoms. The molecule has 94 valence electrons. The zero-order valence-corrected chi connectivity index (χ0v) is 11.6. The second kappa shape index (κ2) is 5.32. The highest BCUT2D eigenvalue weighted by Crippen LogP contribution is 2.32. The number of aliphatic hydroxyl groups is 1. The molecule has 2 nitrogen and oxygen atoms in total. The molecule has 3 heteroatoms. The van der Waals surface area contributed by atoms with Crippen molar-refractivity contribution in [3.63, 3.8) is 0 Å². The molecule has 0 aromatic heterocycles. The first-order valence-electron chi connectivity index (χ1n) is 6.25. The number of hydrogen-bond acceptors (Lipinski definition) is 3. The summed E-state index contributed by atoms with van der Waals surface area (Å²) < 4.78 is 0. The van der Waals surface area contributed by atoms with Gasteiger partial charge >= 0.3 is 0 Å². The van der Waals surface area contributed by atoms with Gasteiger partial charge in [0.25, 0.3) is 0 Å². The van der Waals surface area contributed by atoms with Crippen LogP contribution >= 0.6 is 11.8 Å². The molecule has 0 spiro atoms. The minimum atomic E-state index is -0.397. The SMILES string of the molecule is CC1CN(c2ccccc2[C@@H](C)O)CC(C)S1. The van der Waals surface area contributed by atoms with Gasteiger partial charge in [-0.15, -0.1) is 0 Å². The summed E-state index contributed by atoms with van der Waals surface area (Å²) in [5.41, 5.74) is 2.24. The van der Waals surface area contributed by atoms with E-state index < -0.39 is 6.10 Å². The third kappa shape index (κ3) is 2.96. The quantitative estimate of drug-likeness (QED) is 0.874. The maximum absolute atomic E-state index is 9.84. The lowest BCUT2D eigenvalue weighted by Crippen LogP contribution is -2.40. The van der Waals surface area contributed by atoms with Gasteiger partial charge in [0.1, 0.15) is 0 Å². The average molecular weight is 251 g/mol. The first-order chi connectivity index (χ1) is 8.08. The van der Waals surface area contributed by atoms with Crippen LogP contribution in [0.1, 0.15) is 32.4 Å². The number of aliphatic hydroxyl groups excluding tert-OH is 1. The Morgan fingerprint density at radius 3 is 2.41 bits per heavy atom. The third-order valence-electron chi connectivity index (χ3n) is 3.15. The van der Waals surface area contributed by atoms with E-state index in [1.54, 1.807) is 0 Å². The predicted molar refractivity (Wildman–Crippen MR) is 75.8 cm³/mol. The van der Waals surface area contributed by atoms with Crippen molar-refractivity contribution in [2.24, 2.45) is 0 Å². The van der Waals surface area contributed by atoms with Crippen molar-refractivity contribution in [3.05, 3.63) is 29.8 Å². The summed E-state index contributed by atoms with van der Waals surface area (Å²) >= 11 is 2.05. The molecule has 3 atom stereocenters. The van der Waals surface area contributed by atoms with Crippen LogP contribution in [0.2, 0.25) is 0 Å². The lowest BCUT2D eigenvalue weighted by Gasteiger charge is -2.37. The molecule has 1 saturated heterocycles. The van der Waals surface area contributed by atoms with Crippen LogP contribution in [0, 0.1) is 0 Å². The topological polar surface area (TPSA) is 23.5 Å². The molecule has 0 aliphatic carbocycles. The van der Waals surface area contributed by atoms with Gasteiger partial charge < -0.3 is 10.0 Å². The van der Waals surface area contributed by atoms with Gasteiger partial charge in [-0.25, -0.2) is 0 Å². The minimum Gasteiger partial charge on any atom is -0.389 e. The smallest absolute Gasteiger partial charge is 0.0781 e. The molecular formula is C14H21NOS. The Labute approximate surface area is 108 Å². The van der Waals surface area contributed by atoms with Crippen molar-refractivity contribution < 1.29 is 5.11 Å². The maximum Gasteiger partial charge on any atom is 0.0781 e. The summed E-state index contributed by atoms with van der Waals surface area (Å²) in [7, 11) is 0. The van der Waals surface area contributed by atoms with E-state index in [0.29, 0.717) is 10.5 Å². The fourth-order valence-corrected chi connectivity index (χ4v) is 3.83. The van der Waals surface area contributed by atoms with E-state index in [1.165, 1.54) is 5.69 Å². The lowest BCUT2D eigenvalue weighted by atomic mass is 10.1. The van der Waals surface area contributed by atoms with Crippen molar-refractivity contribution >= 4 is 17.4 Å². The van der Waals surface area contributed by atoms with Gasteiger partial charge in [0, 0.05) is 34.8 Å². The Bertz CT molecular complexity index is 370. The second-order valence-electron chi connectivity index (χ2n) is 4.90. The average Bonchev–Trinajstić information content (AvgIpc) is 2.27. The van der Waals surface area contributed by atoms with E-state index in [4.69, 9.17) is 0 Å². The number of benzene rings is 1. The number of rotatable bonds is 2. The van der Waals surface area contributed by atoms with Crippen LogP contribution in [-0.2, 0) is 0 Å². The molecule has 1 fully saturated rings. The summed E-state index contributed by atoms with van der Waals surface area (Å²) in [6, 6.07) is 8.20. The van der Waals surface area contributed by atoms with Crippen molar-refractivity contribution in [1.29, 1.82) is 0 Å². The molecule has 1 N–H and O–H groups in total. The highest BCUT2D eigenvalue weighted by Gasteiger charge is 2.24. The molecular weight excluding hydrogens is 230 g/mol. The van der Waals surface area contributed by atoms with Crippen LogP contribution in [-0.4, -0.2) is 28.7 Å².